The fraction of sp³-hybridized carbons (Fsp3) is 0.375. The van der Waals surface area contributed by atoms with E-state index in [0.717, 1.165) is 0 Å². The van der Waals surface area contributed by atoms with Gasteiger partial charge in [0.25, 0.3) is 6.43 Å². The molecule has 0 aromatic carbocycles. The van der Waals surface area contributed by atoms with Crippen molar-refractivity contribution < 1.29 is 13.9 Å². The number of alkyl halides is 3. The molecule has 6 heteroatoms. The van der Waals surface area contributed by atoms with Crippen LogP contribution in [0, 0.1) is 0 Å². The Morgan fingerprint density at radius 2 is 2.14 bits per heavy atom. The standard InChI is InChI=1S/C8H7Br2F2NO/c9-2-4-1-5(8(11)12)7(10)6(3-14)13-4/h1,8,14H,2-3H2. The highest BCUT2D eigenvalue weighted by molar-refractivity contribution is 9.10. The molecule has 1 heterocycles. The number of nitrogens with zero attached hydrogens (tertiary/aromatic N) is 1. The summed E-state index contributed by atoms with van der Waals surface area (Å²) in [6.45, 7) is -0.360. The number of hydrogen-bond donors (Lipinski definition) is 1. The van der Waals surface area contributed by atoms with Crippen molar-refractivity contribution in [2.75, 3.05) is 0 Å². The van der Waals surface area contributed by atoms with Gasteiger partial charge in [-0.15, -0.1) is 0 Å². The molecule has 0 bridgehead atoms. The summed E-state index contributed by atoms with van der Waals surface area (Å²) in [6, 6.07) is 1.31. The first kappa shape index (κ1) is 12.0. The summed E-state index contributed by atoms with van der Waals surface area (Å²) in [4.78, 5) is 3.98. The quantitative estimate of drug-likeness (QED) is 0.863. The molecular weight excluding hydrogens is 324 g/mol. The van der Waals surface area contributed by atoms with Crippen LogP contribution in [0.15, 0.2) is 10.5 Å². The van der Waals surface area contributed by atoms with Gasteiger partial charge in [0, 0.05) is 10.9 Å². The molecule has 0 aliphatic rings. The van der Waals surface area contributed by atoms with Gasteiger partial charge >= 0.3 is 0 Å². The summed E-state index contributed by atoms with van der Waals surface area (Å²) in [7, 11) is 0. The Balaban J connectivity index is 3.27. The second-order valence-corrected chi connectivity index (χ2v) is 3.91. The van der Waals surface area contributed by atoms with E-state index in [-0.39, 0.29) is 22.3 Å². The van der Waals surface area contributed by atoms with E-state index in [1.165, 1.54) is 6.07 Å². The Bertz CT molecular complexity index is 333. The van der Waals surface area contributed by atoms with Crippen LogP contribution in [0.4, 0.5) is 8.78 Å². The van der Waals surface area contributed by atoms with Crippen molar-refractivity contribution in [2.45, 2.75) is 18.4 Å². The maximum Gasteiger partial charge on any atom is 0.265 e. The van der Waals surface area contributed by atoms with Crippen molar-refractivity contribution in [1.29, 1.82) is 0 Å². The number of aromatic nitrogens is 1. The Kier molecular flexibility index (Phi) is 4.40. The first-order valence-corrected chi connectivity index (χ1v) is 5.64. The van der Waals surface area contributed by atoms with Gasteiger partial charge in [-0.3, -0.25) is 4.98 Å². The van der Waals surface area contributed by atoms with E-state index in [2.05, 4.69) is 36.8 Å². The molecule has 1 N–H and O–H groups in total. The smallest absolute Gasteiger partial charge is 0.265 e. The third-order valence-electron chi connectivity index (χ3n) is 1.63. The summed E-state index contributed by atoms with van der Waals surface area (Å²) in [5.41, 5.74) is 0.572. The van der Waals surface area contributed by atoms with Gasteiger partial charge in [-0.25, -0.2) is 8.78 Å². The molecule has 1 rings (SSSR count). The molecule has 0 fully saturated rings. The highest BCUT2D eigenvalue weighted by atomic mass is 79.9. The predicted molar refractivity (Wildman–Crippen MR) is 55.4 cm³/mol. The average molecular weight is 331 g/mol. The van der Waals surface area contributed by atoms with Crippen LogP contribution in [0.5, 0.6) is 0 Å². The minimum Gasteiger partial charge on any atom is -0.390 e. The lowest BCUT2D eigenvalue weighted by Crippen LogP contribution is -2.00. The molecule has 2 nitrogen and oxygen atoms in total. The SMILES string of the molecule is OCc1nc(CBr)cc(C(F)F)c1Br. The van der Waals surface area contributed by atoms with Crippen LogP contribution in [0.3, 0.4) is 0 Å². The number of halogens is 4. The molecule has 14 heavy (non-hydrogen) atoms. The van der Waals surface area contributed by atoms with Crippen LogP contribution in [0.25, 0.3) is 0 Å². The maximum atomic E-state index is 12.5. The molecule has 1 aromatic rings. The first-order valence-electron chi connectivity index (χ1n) is 3.73. The molecule has 0 atom stereocenters. The Hall–Kier alpha value is -0.0700. The summed E-state index contributed by atoms with van der Waals surface area (Å²) in [5.74, 6) is 0. The topological polar surface area (TPSA) is 33.1 Å². The molecule has 0 saturated carbocycles. The molecule has 0 saturated heterocycles. The Labute approximate surface area is 96.6 Å². The summed E-state index contributed by atoms with van der Waals surface area (Å²) >= 11 is 6.11. The van der Waals surface area contributed by atoms with E-state index in [0.29, 0.717) is 11.0 Å². The summed E-state index contributed by atoms with van der Waals surface area (Å²) < 4.78 is 25.2. The van der Waals surface area contributed by atoms with Crippen LogP contribution >= 0.6 is 31.9 Å². The van der Waals surface area contributed by atoms with E-state index in [1.54, 1.807) is 0 Å². The number of aliphatic hydroxyl groups is 1. The van der Waals surface area contributed by atoms with Crippen LogP contribution in [0.1, 0.15) is 23.4 Å². The third-order valence-corrected chi connectivity index (χ3v) is 3.12. The van der Waals surface area contributed by atoms with Gasteiger partial charge in [0.05, 0.1) is 22.5 Å². The van der Waals surface area contributed by atoms with Crippen molar-refractivity contribution >= 4 is 31.9 Å². The Morgan fingerprint density at radius 3 is 2.57 bits per heavy atom. The van der Waals surface area contributed by atoms with Gasteiger partial charge in [0.1, 0.15) is 0 Å². The monoisotopic (exact) mass is 329 g/mol. The highest BCUT2D eigenvalue weighted by Gasteiger charge is 2.16. The molecule has 0 spiro atoms. The lowest BCUT2D eigenvalue weighted by atomic mass is 10.2. The molecular formula is C8H7Br2F2NO. The minimum absolute atomic E-state index is 0.140. The number of hydrogen-bond acceptors (Lipinski definition) is 2. The lowest BCUT2D eigenvalue weighted by molar-refractivity contribution is 0.150. The van der Waals surface area contributed by atoms with Crippen LogP contribution < -0.4 is 0 Å². The molecule has 0 radical (unpaired) electrons. The molecule has 1 aromatic heterocycles. The van der Waals surface area contributed by atoms with Crippen molar-refractivity contribution in [3.05, 3.63) is 27.5 Å². The average Bonchev–Trinajstić information content (AvgIpc) is 2.17. The minimum atomic E-state index is -2.57. The van der Waals surface area contributed by atoms with Gasteiger partial charge in [-0.05, 0) is 22.0 Å². The lowest BCUT2D eigenvalue weighted by Gasteiger charge is -2.08. The fourth-order valence-electron chi connectivity index (χ4n) is 0.996. The van der Waals surface area contributed by atoms with E-state index in [4.69, 9.17) is 5.11 Å². The number of aliphatic hydroxyl groups excluding tert-OH is 1. The van der Waals surface area contributed by atoms with Crippen LogP contribution in [-0.2, 0) is 11.9 Å². The molecule has 0 aliphatic carbocycles. The number of rotatable bonds is 3. The molecule has 0 unspecified atom stereocenters. The zero-order valence-electron chi connectivity index (χ0n) is 6.98. The fourth-order valence-corrected chi connectivity index (χ4v) is 1.78. The van der Waals surface area contributed by atoms with Crippen molar-refractivity contribution in [3.63, 3.8) is 0 Å². The van der Waals surface area contributed by atoms with Gasteiger partial charge in [0.2, 0.25) is 0 Å². The van der Waals surface area contributed by atoms with Gasteiger partial charge in [-0.1, -0.05) is 15.9 Å². The van der Waals surface area contributed by atoms with Gasteiger partial charge in [-0.2, -0.15) is 0 Å². The zero-order chi connectivity index (χ0) is 10.7. The van der Waals surface area contributed by atoms with E-state index < -0.39 is 6.43 Å². The molecule has 0 aliphatic heterocycles. The van der Waals surface area contributed by atoms with Gasteiger partial charge in [0.15, 0.2) is 0 Å². The molecule has 0 amide bonds. The highest BCUT2D eigenvalue weighted by Crippen LogP contribution is 2.30. The molecule has 78 valence electrons. The first-order chi connectivity index (χ1) is 6.60. The van der Waals surface area contributed by atoms with Crippen LogP contribution in [0.2, 0.25) is 0 Å². The second kappa shape index (κ2) is 5.14. The maximum absolute atomic E-state index is 12.5. The third kappa shape index (κ3) is 2.49. The van der Waals surface area contributed by atoms with E-state index in [1.807, 2.05) is 0 Å². The largest absolute Gasteiger partial charge is 0.390 e. The van der Waals surface area contributed by atoms with Crippen LogP contribution in [-0.4, -0.2) is 10.1 Å². The predicted octanol–water partition coefficient (Wildman–Crippen LogP) is 3.17. The van der Waals surface area contributed by atoms with Gasteiger partial charge < -0.3 is 5.11 Å². The normalized spacial score (nSPS) is 11.0. The second-order valence-electron chi connectivity index (χ2n) is 2.56. The van der Waals surface area contributed by atoms with E-state index in [9.17, 15) is 8.78 Å². The number of pyridine rings is 1. The zero-order valence-corrected chi connectivity index (χ0v) is 10.1. The Morgan fingerprint density at radius 1 is 1.50 bits per heavy atom. The van der Waals surface area contributed by atoms with Crippen molar-refractivity contribution in [1.82, 2.24) is 4.98 Å². The van der Waals surface area contributed by atoms with E-state index >= 15 is 0 Å². The van der Waals surface area contributed by atoms with Crippen molar-refractivity contribution in [3.8, 4) is 0 Å². The summed E-state index contributed by atoms with van der Waals surface area (Å²) in [5, 5.41) is 9.27. The summed E-state index contributed by atoms with van der Waals surface area (Å²) in [6.07, 6.45) is -2.57. The van der Waals surface area contributed by atoms with Crippen molar-refractivity contribution in [2.24, 2.45) is 0 Å².